The van der Waals surface area contributed by atoms with Gasteiger partial charge in [-0.25, -0.2) is 0 Å². The Morgan fingerprint density at radius 2 is 2.16 bits per heavy atom. The molecule has 0 radical (unpaired) electrons. The van der Waals surface area contributed by atoms with Crippen LogP contribution in [0.2, 0.25) is 0 Å². The first-order chi connectivity index (χ1) is 9.20. The lowest BCUT2D eigenvalue weighted by molar-refractivity contribution is -0.148. The molecule has 19 heavy (non-hydrogen) atoms. The first kappa shape index (κ1) is 13.1. The van der Waals surface area contributed by atoms with Crippen LogP contribution in [0.25, 0.3) is 0 Å². The van der Waals surface area contributed by atoms with Crippen LogP contribution in [0.1, 0.15) is 38.5 Å². The van der Waals surface area contributed by atoms with E-state index in [1.807, 2.05) is 0 Å². The van der Waals surface area contributed by atoms with Crippen molar-refractivity contribution in [3.63, 3.8) is 0 Å². The van der Waals surface area contributed by atoms with Gasteiger partial charge in [-0.05, 0) is 44.1 Å². The molecule has 2 aliphatic carbocycles. The summed E-state index contributed by atoms with van der Waals surface area (Å²) in [5.41, 5.74) is 0. The van der Waals surface area contributed by atoms with Crippen LogP contribution in [0.15, 0.2) is 0 Å². The highest BCUT2D eigenvalue weighted by Crippen LogP contribution is 2.43. The Kier molecular flexibility index (Phi) is 3.61. The summed E-state index contributed by atoms with van der Waals surface area (Å²) in [4.78, 5) is 23.9. The van der Waals surface area contributed by atoms with Gasteiger partial charge in [0.2, 0.25) is 0 Å². The van der Waals surface area contributed by atoms with Crippen molar-refractivity contribution in [2.75, 3.05) is 13.7 Å². The highest BCUT2D eigenvalue weighted by Gasteiger charge is 2.46. The molecule has 0 aromatic carbocycles. The number of carbonyl (C=O) groups excluding carboxylic acids is 2. The maximum atomic E-state index is 12.2. The molecule has 5 unspecified atom stereocenters. The average molecular weight is 265 g/mol. The van der Waals surface area contributed by atoms with E-state index in [4.69, 9.17) is 4.74 Å². The van der Waals surface area contributed by atoms with Crippen molar-refractivity contribution in [1.82, 2.24) is 5.32 Å². The predicted molar refractivity (Wildman–Crippen MR) is 70.5 cm³/mol. The monoisotopic (exact) mass is 265 g/mol. The number of esters is 1. The molecule has 1 aliphatic heterocycles. The minimum Gasteiger partial charge on any atom is -0.469 e. The van der Waals surface area contributed by atoms with Crippen LogP contribution in [0.4, 0.5) is 0 Å². The third-order valence-electron chi connectivity index (χ3n) is 5.45. The zero-order chi connectivity index (χ0) is 13.4. The molecular weight excluding hydrogens is 242 g/mol. The zero-order valence-electron chi connectivity index (χ0n) is 11.6. The Morgan fingerprint density at radius 1 is 1.32 bits per heavy atom. The second-order valence-corrected chi connectivity index (χ2v) is 6.36. The van der Waals surface area contributed by atoms with Crippen LogP contribution < -0.4 is 5.32 Å². The summed E-state index contributed by atoms with van der Waals surface area (Å²) in [6, 6.07) is 0.312. The lowest BCUT2D eigenvalue weighted by Crippen LogP contribution is -2.44. The van der Waals surface area contributed by atoms with E-state index in [2.05, 4.69) is 5.32 Å². The van der Waals surface area contributed by atoms with Crippen LogP contribution in [0, 0.1) is 23.7 Å². The van der Waals surface area contributed by atoms with E-state index >= 15 is 0 Å². The predicted octanol–water partition coefficient (Wildman–Crippen LogP) is 1.53. The van der Waals surface area contributed by atoms with Crippen LogP contribution in [-0.2, 0) is 14.3 Å². The summed E-state index contributed by atoms with van der Waals surface area (Å²) >= 11 is 0. The Bertz CT molecular complexity index is 382. The molecule has 3 rings (SSSR count). The van der Waals surface area contributed by atoms with Crippen LogP contribution in [0.5, 0.6) is 0 Å². The molecular formula is C15H23NO3. The summed E-state index contributed by atoms with van der Waals surface area (Å²) in [6.45, 7) is 1.06. The normalized spacial score (nSPS) is 42.2. The number of nitrogens with one attached hydrogen (secondary N) is 1. The molecule has 2 saturated carbocycles. The Labute approximate surface area is 114 Å². The minimum absolute atomic E-state index is 0.0333. The van der Waals surface area contributed by atoms with Gasteiger partial charge in [0.05, 0.1) is 13.0 Å². The minimum atomic E-state index is -0.140. The third-order valence-corrected chi connectivity index (χ3v) is 5.45. The molecule has 0 amide bonds. The first-order valence-corrected chi connectivity index (χ1v) is 7.54. The van der Waals surface area contributed by atoms with E-state index in [0.717, 1.165) is 12.5 Å². The summed E-state index contributed by atoms with van der Waals surface area (Å²) in [5.74, 6) is 1.59. The molecule has 4 heteroatoms. The molecule has 1 N–H and O–H groups in total. The van der Waals surface area contributed by atoms with Gasteiger partial charge < -0.3 is 10.1 Å². The van der Waals surface area contributed by atoms with E-state index < -0.39 is 0 Å². The first-order valence-electron chi connectivity index (χ1n) is 7.54. The Morgan fingerprint density at radius 3 is 2.95 bits per heavy atom. The summed E-state index contributed by atoms with van der Waals surface area (Å²) in [6.07, 6.45) is 5.74. The second kappa shape index (κ2) is 5.23. The number of carbonyl (C=O) groups is 2. The van der Waals surface area contributed by atoms with Gasteiger partial charge in [0.15, 0.2) is 0 Å². The maximum Gasteiger partial charge on any atom is 0.308 e. The van der Waals surface area contributed by atoms with Gasteiger partial charge in [0.25, 0.3) is 0 Å². The van der Waals surface area contributed by atoms with Crippen molar-refractivity contribution >= 4 is 11.8 Å². The van der Waals surface area contributed by atoms with Crippen molar-refractivity contribution in [2.45, 2.75) is 44.6 Å². The molecule has 3 fully saturated rings. The number of hydrogen-bond acceptors (Lipinski definition) is 4. The molecule has 1 heterocycles. The molecule has 0 bridgehead atoms. The number of rotatable bonds is 2. The molecule has 0 spiro atoms. The summed E-state index contributed by atoms with van der Waals surface area (Å²) in [5, 5.41) is 3.56. The molecule has 1 saturated heterocycles. The van der Waals surface area contributed by atoms with E-state index in [0.29, 0.717) is 37.0 Å². The van der Waals surface area contributed by atoms with Gasteiger partial charge in [-0.3, -0.25) is 9.59 Å². The SMILES string of the molecule is COC(=O)C1CCC(=O)C(C2NCC3CCCC32)C1. The maximum absolute atomic E-state index is 12.2. The fourth-order valence-electron chi connectivity index (χ4n) is 4.46. The number of Topliss-reactive ketones (excluding diaryl/α,β-unsaturated/α-hetero) is 1. The van der Waals surface area contributed by atoms with E-state index in [1.54, 1.807) is 0 Å². The van der Waals surface area contributed by atoms with Gasteiger partial charge >= 0.3 is 5.97 Å². The van der Waals surface area contributed by atoms with Gasteiger partial charge in [-0.15, -0.1) is 0 Å². The summed E-state index contributed by atoms with van der Waals surface area (Å²) < 4.78 is 4.85. The number of hydrogen-bond donors (Lipinski definition) is 1. The van der Waals surface area contributed by atoms with E-state index in [-0.39, 0.29) is 17.8 Å². The lowest BCUT2D eigenvalue weighted by Gasteiger charge is -2.33. The smallest absolute Gasteiger partial charge is 0.308 e. The number of ketones is 1. The molecule has 3 aliphatic rings. The lowest BCUT2D eigenvalue weighted by atomic mass is 9.73. The average Bonchev–Trinajstić information content (AvgIpc) is 3.01. The topological polar surface area (TPSA) is 55.4 Å². The van der Waals surface area contributed by atoms with Crippen LogP contribution in [-0.4, -0.2) is 31.4 Å². The number of ether oxygens (including phenoxy) is 1. The highest BCUT2D eigenvalue weighted by molar-refractivity contribution is 5.85. The zero-order valence-corrected chi connectivity index (χ0v) is 11.6. The van der Waals surface area contributed by atoms with Crippen molar-refractivity contribution < 1.29 is 14.3 Å². The van der Waals surface area contributed by atoms with E-state index in [9.17, 15) is 9.59 Å². The van der Waals surface area contributed by atoms with Crippen LogP contribution in [0.3, 0.4) is 0 Å². The van der Waals surface area contributed by atoms with Gasteiger partial charge in [-0.2, -0.15) is 0 Å². The van der Waals surface area contributed by atoms with Crippen molar-refractivity contribution in [2.24, 2.45) is 23.7 Å². The fourth-order valence-corrected chi connectivity index (χ4v) is 4.46. The third kappa shape index (κ3) is 2.31. The molecule has 106 valence electrons. The Hall–Kier alpha value is -0.900. The number of fused-ring (bicyclic) bond motifs is 1. The largest absolute Gasteiger partial charge is 0.469 e. The van der Waals surface area contributed by atoms with Crippen molar-refractivity contribution in [3.8, 4) is 0 Å². The van der Waals surface area contributed by atoms with Gasteiger partial charge in [0.1, 0.15) is 5.78 Å². The molecule has 4 nitrogen and oxygen atoms in total. The quantitative estimate of drug-likeness (QED) is 0.769. The number of methoxy groups -OCH3 is 1. The Balaban J connectivity index is 1.71. The fraction of sp³-hybridized carbons (Fsp3) is 0.867. The standard InChI is InChI=1S/C15H23NO3/c1-19-15(18)9-5-6-13(17)12(7-9)14-11-4-2-3-10(11)8-16-14/h9-12,14,16H,2-8H2,1H3. The van der Waals surface area contributed by atoms with Gasteiger partial charge in [-0.1, -0.05) is 6.42 Å². The molecule has 5 atom stereocenters. The van der Waals surface area contributed by atoms with E-state index in [1.165, 1.54) is 26.4 Å². The highest BCUT2D eigenvalue weighted by atomic mass is 16.5. The van der Waals surface area contributed by atoms with Crippen LogP contribution >= 0.6 is 0 Å². The molecule has 0 aromatic heterocycles. The van der Waals surface area contributed by atoms with Gasteiger partial charge in [0, 0.05) is 18.4 Å². The molecule has 0 aromatic rings. The summed E-state index contributed by atoms with van der Waals surface area (Å²) in [7, 11) is 1.44. The van der Waals surface area contributed by atoms with Crippen molar-refractivity contribution in [3.05, 3.63) is 0 Å². The van der Waals surface area contributed by atoms with Crippen molar-refractivity contribution in [1.29, 1.82) is 0 Å². The second-order valence-electron chi connectivity index (χ2n) is 6.36.